The van der Waals surface area contributed by atoms with E-state index in [0.29, 0.717) is 0 Å². The lowest BCUT2D eigenvalue weighted by Gasteiger charge is -2.06. The molecule has 0 aliphatic heterocycles. The molecule has 0 atom stereocenters. The van der Waals surface area contributed by atoms with Crippen LogP contribution in [0.15, 0.2) is 0 Å². The third-order valence-corrected chi connectivity index (χ3v) is 1.08. The van der Waals surface area contributed by atoms with Crippen molar-refractivity contribution in [2.75, 3.05) is 6.61 Å². The standard InChI is InChI=1S/C8H13NO5/c1-5(2)14-7(11)3-6(10)4-13-8(9)12/h5H,3-4H2,1-2H3,(H2,9,12). The first-order chi connectivity index (χ1) is 6.41. The molecule has 6 nitrogen and oxygen atoms in total. The van der Waals surface area contributed by atoms with E-state index in [1.165, 1.54) is 0 Å². The van der Waals surface area contributed by atoms with E-state index in [-0.39, 0.29) is 6.10 Å². The number of esters is 1. The van der Waals surface area contributed by atoms with Crippen LogP contribution in [-0.4, -0.2) is 30.6 Å². The van der Waals surface area contributed by atoms with Gasteiger partial charge in [0.25, 0.3) is 0 Å². The molecule has 14 heavy (non-hydrogen) atoms. The van der Waals surface area contributed by atoms with Crippen LogP contribution < -0.4 is 5.73 Å². The molecular formula is C8H13NO5. The molecule has 0 aromatic heterocycles. The topological polar surface area (TPSA) is 95.7 Å². The van der Waals surface area contributed by atoms with Crippen molar-refractivity contribution in [1.29, 1.82) is 0 Å². The van der Waals surface area contributed by atoms with Gasteiger partial charge in [-0.25, -0.2) is 4.79 Å². The zero-order chi connectivity index (χ0) is 11.1. The minimum atomic E-state index is -1.05. The predicted molar refractivity (Wildman–Crippen MR) is 46.4 cm³/mol. The number of amides is 1. The Morgan fingerprint density at radius 1 is 1.29 bits per heavy atom. The van der Waals surface area contributed by atoms with Crippen LogP contribution in [0.1, 0.15) is 20.3 Å². The van der Waals surface area contributed by atoms with Gasteiger partial charge in [-0.3, -0.25) is 9.59 Å². The molecule has 0 spiro atoms. The van der Waals surface area contributed by atoms with Crippen LogP contribution in [0.3, 0.4) is 0 Å². The SMILES string of the molecule is CC(C)OC(=O)CC(=O)COC(N)=O. The largest absolute Gasteiger partial charge is 0.463 e. The fourth-order valence-corrected chi connectivity index (χ4v) is 0.668. The molecule has 0 fully saturated rings. The normalized spacial score (nSPS) is 9.64. The molecule has 0 rings (SSSR count). The maximum absolute atomic E-state index is 10.9. The van der Waals surface area contributed by atoms with Crippen LogP contribution in [0.4, 0.5) is 4.79 Å². The summed E-state index contributed by atoms with van der Waals surface area (Å²) in [4.78, 5) is 31.9. The summed E-state index contributed by atoms with van der Waals surface area (Å²) in [6.45, 7) is 2.84. The maximum atomic E-state index is 10.9. The molecule has 0 unspecified atom stereocenters. The van der Waals surface area contributed by atoms with E-state index < -0.39 is 30.9 Å². The highest BCUT2D eigenvalue weighted by atomic mass is 16.6. The molecule has 0 saturated carbocycles. The number of rotatable bonds is 5. The highest BCUT2D eigenvalue weighted by Gasteiger charge is 2.13. The highest BCUT2D eigenvalue weighted by molar-refractivity contribution is 5.96. The molecule has 1 amide bonds. The van der Waals surface area contributed by atoms with Crippen molar-refractivity contribution in [2.45, 2.75) is 26.4 Å². The Bertz CT molecular complexity index is 236. The number of ether oxygens (including phenoxy) is 2. The van der Waals surface area contributed by atoms with Gasteiger partial charge in [-0.05, 0) is 13.8 Å². The van der Waals surface area contributed by atoms with Gasteiger partial charge < -0.3 is 15.2 Å². The lowest BCUT2D eigenvalue weighted by Crippen LogP contribution is -2.22. The minimum absolute atomic E-state index is 0.271. The Morgan fingerprint density at radius 3 is 2.29 bits per heavy atom. The second-order valence-corrected chi connectivity index (χ2v) is 2.86. The average molecular weight is 203 g/mol. The second kappa shape index (κ2) is 5.95. The van der Waals surface area contributed by atoms with Gasteiger partial charge >= 0.3 is 12.1 Å². The number of carbonyl (C=O) groups is 3. The van der Waals surface area contributed by atoms with Gasteiger partial charge in [0.2, 0.25) is 0 Å². The van der Waals surface area contributed by atoms with Gasteiger partial charge in [-0.2, -0.15) is 0 Å². The third-order valence-electron chi connectivity index (χ3n) is 1.08. The zero-order valence-corrected chi connectivity index (χ0v) is 8.11. The van der Waals surface area contributed by atoms with Crippen LogP contribution in [0, 0.1) is 0 Å². The van der Waals surface area contributed by atoms with Gasteiger partial charge in [0, 0.05) is 0 Å². The Labute approximate surface area is 81.3 Å². The van der Waals surface area contributed by atoms with Crippen molar-refractivity contribution >= 4 is 17.8 Å². The first-order valence-corrected chi connectivity index (χ1v) is 4.05. The molecule has 6 heteroatoms. The van der Waals surface area contributed by atoms with E-state index in [0.717, 1.165) is 0 Å². The number of Topliss-reactive ketones (excluding diaryl/α,β-unsaturated/α-hetero) is 1. The smallest absolute Gasteiger partial charge is 0.404 e. The van der Waals surface area contributed by atoms with Gasteiger partial charge in [-0.1, -0.05) is 0 Å². The van der Waals surface area contributed by atoms with E-state index in [1.807, 2.05) is 0 Å². The molecule has 0 bridgehead atoms. The summed E-state index contributed by atoms with van der Waals surface area (Å²) < 4.78 is 8.89. The summed E-state index contributed by atoms with van der Waals surface area (Å²) in [6.07, 6.45) is -1.73. The molecule has 80 valence electrons. The van der Waals surface area contributed by atoms with E-state index in [4.69, 9.17) is 4.74 Å². The van der Waals surface area contributed by atoms with Gasteiger partial charge in [0.15, 0.2) is 12.4 Å². The van der Waals surface area contributed by atoms with Crippen molar-refractivity contribution in [3.05, 3.63) is 0 Å². The quantitative estimate of drug-likeness (QED) is 0.501. The molecule has 0 radical (unpaired) electrons. The number of primary amides is 1. The number of hydrogen-bond acceptors (Lipinski definition) is 5. The third kappa shape index (κ3) is 7.08. The number of carbonyl (C=O) groups excluding carboxylic acids is 3. The van der Waals surface area contributed by atoms with Crippen LogP contribution in [0.2, 0.25) is 0 Å². The van der Waals surface area contributed by atoms with E-state index in [2.05, 4.69) is 10.5 Å². The summed E-state index contributed by atoms with van der Waals surface area (Å²) in [5, 5.41) is 0. The number of hydrogen-bond donors (Lipinski definition) is 1. The molecule has 2 N–H and O–H groups in total. The number of ketones is 1. The van der Waals surface area contributed by atoms with Crippen LogP contribution >= 0.6 is 0 Å². The molecule has 0 aromatic carbocycles. The molecule has 0 saturated heterocycles. The lowest BCUT2D eigenvalue weighted by atomic mass is 10.3. The molecule has 0 aromatic rings. The van der Waals surface area contributed by atoms with Crippen molar-refractivity contribution in [3.8, 4) is 0 Å². The molecule has 0 aliphatic rings. The maximum Gasteiger partial charge on any atom is 0.404 e. The van der Waals surface area contributed by atoms with Crippen LogP contribution in [0.5, 0.6) is 0 Å². The minimum Gasteiger partial charge on any atom is -0.463 e. The lowest BCUT2D eigenvalue weighted by molar-refractivity contribution is -0.149. The first-order valence-electron chi connectivity index (χ1n) is 4.05. The van der Waals surface area contributed by atoms with Crippen molar-refractivity contribution < 1.29 is 23.9 Å². The van der Waals surface area contributed by atoms with Crippen molar-refractivity contribution in [1.82, 2.24) is 0 Å². The Kier molecular flexibility index (Phi) is 5.28. The second-order valence-electron chi connectivity index (χ2n) is 2.86. The van der Waals surface area contributed by atoms with Crippen LogP contribution in [0.25, 0.3) is 0 Å². The Hall–Kier alpha value is -1.59. The summed E-state index contributed by atoms with van der Waals surface area (Å²) in [5.74, 6) is -1.19. The Balaban J connectivity index is 3.72. The monoisotopic (exact) mass is 203 g/mol. The highest BCUT2D eigenvalue weighted by Crippen LogP contribution is 1.94. The predicted octanol–water partition coefficient (Wildman–Crippen LogP) is -0.00750. The molecule has 0 aliphatic carbocycles. The van der Waals surface area contributed by atoms with Gasteiger partial charge in [-0.15, -0.1) is 0 Å². The number of nitrogens with two attached hydrogens (primary N) is 1. The van der Waals surface area contributed by atoms with Gasteiger partial charge in [0.1, 0.15) is 6.42 Å². The molecule has 0 heterocycles. The van der Waals surface area contributed by atoms with E-state index in [1.54, 1.807) is 13.8 Å². The molecular weight excluding hydrogens is 190 g/mol. The Morgan fingerprint density at radius 2 is 1.86 bits per heavy atom. The summed E-state index contributed by atoms with van der Waals surface area (Å²) in [5.41, 5.74) is 4.62. The fraction of sp³-hybridized carbons (Fsp3) is 0.625. The van der Waals surface area contributed by atoms with Crippen molar-refractivity contribution in [2.24, 2.45) is 5.73 Å². The van der Waals surface area contributed by atoms with Crippen molar-refractivity contribution in [3.63, 3.8) is 0 Å². The first kappa shape index (κ1) is 12.4. The van der Waals surface area contributed by atoms with Gasteiger partial charge in [0.05, 0.1) is 6.10 Å². The zero-order valence-electron chi connectivity index (χ0n) is 8.11. The van der Waals surface area contributed by atoms with E-state index in [9.17, 15) is 14.4 Å². The summed E-state index contributed by atoms with van der Waals surface area (Å²) in [7, 11) is 0. The van der Waals surface area contributed by atoms with E-state index >= 15 is 0 Å². The summed E-state index contributed by atoms with van der Waals surface area (Å²) >= 11 is 0. The average Bonchev–Trinajstić information content (AvgIpc) is 1.98. The summed E-state index contributed by atoms with van der Waals surface area (Å²) in [6, 6.07) is 0. The van der Waals surface area contributed by atoms with Crippen LogP contribution in [-0.2, 0) is 19.1 Å². The fourth-order valence-electron chi connectivity index (χ4n) is 0.668.